The number of terminal acetylenes is 1. The Hall–Kier alpha value is -5.85. The zero-order valence-corrected chi connectivity index (χ0v) is 36.4. The van der Waals surface area contributed by atoms with Crippen molar-refractivity contribution < 1.29 is 38.2 Å². The average molecular weight is 829 g/mol. The SMILES string of the molecule is C#CCN(Cc1cc(NC(=O)[C@H](CCCNC(N)=O)NC(=O)[C@@H](NC(=O)OC(C)(C)C)C(C)C)ccc1CO[Si](c1ccccc1)(c1ccccc1)C(C)(C)C)C(=O)O. The third-order valence-corrected chi connectivity index (χ3v) is 14.5. The summed E-state index contributed by atoms with van der Waals surface area (Å²) in [6.45, 7) is 15.1. The molecule has 0 aliphatic heterocycles. The largest absolute Gasteiger partial charge is 0.465 e. The molecule has 0 saturated heterocycles. The van der Waals surface area contributed by atoms with E-state index < -0.39 is 56.0 Å². The van der Waals surface area contributed by atoms with Crippen LogP contribution in [0.5, 0.6) is 0 Å². The molecule has 3 rings (SSSR count). The van der Waals surface area contributed by atoms with E-state index in [1.165, 1.54) is 0 Å². The van der Waals surface area contributed by atoms with Crippen LogP contribution in [0.2, 0.25) is 5.04 Å². The minimum Gasteiger partial charge on any atom is -0.465 e. The number of nitrogens with zero attached hydrogens (tertiary/aromatic N) is 1. The number of nitrogens with two attached hydrogens (primary N) is 1. The fraction of sp³-hybridized carbons (Fsp3) is 0.432. The number of hydrogen-bond donors (Lipinski definition) is 6. The van der Waals surface area contributed by atoms with E-state index in [9.17, 15) is 29.1 Å². The number of ether oxygens (including phenoxy) is 1. The lowest BCUT2D eigenvalue weighted by molar-refractivity contribution is -0.128. The molecule has 3 aromatic rings. The van der Waals surface area contributed by atoms with Crippen LogP contribution in [-0.4, -0.2) is 79.1 Å². The van der Waals surface area contributed by atoms with Gasteiger partial charge in [-0.15, -0.1) is 6.42 Å². The average Bonchev–Trinajstić information content (AvgIpc) is 3.15. The fourth-order valence-electron chi connectivity index (χ4n) is 6.69. The molecule has 6 amide bonds. The van der Waals surface area contributed by atoms with E-state index in [4.69, 9.17) is 21.3 Å². The Morgan fingerprint density at radius 3 is 1.95 bits per heavy atom. The first-order chi connectivity index (χ1) is 27.7. The molecule has 0 bridgehead atoms. The Morgan fingerprint density at radius 2 is 1.46 bits per heavy atom. The molecule has 2 atom stereocenters. The molecular weight excluding hydrogens is 769 g/mol. The van der Waals surface area contributed by atoms with Gasteiger partial charge in [-0.3, -0.25) is 14.5 Å². The van der Waals surface area contributed by atoms with Crippen LogP contribution in [0.3, 0.4) is 0 Å². The first-order valence-electron chi connectivity index (χ1n) is 19.6. The molecule has 0 fully saturated rings. The van der Waals surface area contributed by atoms with Crippen molar-refractivity contribution in [2.75, 3.05) is 18.4 Å². The minimum atomic E-state index is -3.01. The van der Waals surface area contributed by atoms with Crippen LogP contribution in [0, 0.1) is 18.3 Å². The number of primary amides is 1. The Kier molecular flexibility index (Phi) is 17.1. The number of nitrogens with one attached hydrogen (secondary N) is 4. The highest BCUT2D eigenvalue weighted by molar-refractivity contribution is 6.99. The number of carbonyl (C=O) groups is 5. The third-order valence-electron chi connectivity index (χ3n) is 9.47. The number of anilines is 1. The highest BCUT2D eigenvalue weighted by Gasteiger charge is 2.50. The topological polar surface area (TPSA) is 201 Å². The lowest BCUT2D eigenvalue weighted by Gasteiger charge is -2.43. The van der Waals surface area contributed by atoms with Crippen molar-refractivity contribution >= 4 is 54.4 Å². The highest BCUT2D eigenvalue weighted by atomic mass is 28.4. The van der Waals surface area contributed by atoms with Gasteiger partial charge >= 0.3 is 18.2 Å². The van der Waals surface area contributed by atoms with Gasteiger partial charge in [0, 0.05) is 12.2 Å². The van der Waals surface area contributed by atoms with Gasteiger partial charge in [-0.05, 0) is 78.2 Å². The van der Waals surface area contributed by atoms with E-state index in [2.05, 4.69) is 72.2 Å². The van der Waals surface area contributed by atoms with Gasteiger partial charge in [0.05, 0.1) is 19.7 Å². The number of amides is 6. The summed E-state index contributed by atoms with van der Waals surface area (Å²) in [5.41, 5.74) is 5.99. The van der Waals surface area contributed by atoms with E-state index >= 15 is 0 Å². The third kappa shape index (κ3) is 13.9. The summed E-state index contributed by atoms with van der Waals surface area (Å²) >= 11 is 0. The van der Waals surface area contributed by atoms with Crippen LogP contribution in [-0.2, 0) is 31.9 Å². The molecule has 14 nitrogen and oxygen atoms in total. The maximum absolute atomic E-state index is 14.0. The normalized spacial score (nSPS) is 12.7. The zero-order chi connectivity index (χ0) is 44.0. The van der Waals surface area contributed by atoms with Crippen LogP contribution < -0.4 is 37.4 Å². The van der Waals surface area contributed by atoms with Crippen molar-refractivity contribution in [3.8, 4) is 12.3 Å². The van der Waals surface area contributed by atoms with Gasteiger partial charge in [0.1, 0.15) is 17.7 Å². The first-order valence-corrected chi connectivity index (χ1v) is 21.5. The molecule has 7 N–H and O–H groups in total. The lowest BCUT2D eigenvalue weighted by Crippen LogP contribution is -2.66. The molecule has 59 heavy (non-hydrogen) atoms. The summed E-state index contributed by atoms with van der Waals surface area (Å²) in [5.74, 6) is 0.831. The number of urea groups is 1. The van der Waals surface area contributed by atoms with Crippen LogP contribution in [0.1, 0.15) is 79.4 Å². The maximum atomic E-state index is 14.0. The van der Waals surface area contributed by atoms with E-state index in [0.717, 1.165) is 15.3 Å². The van der Waals surface area contributed by atoms with Crippen LogP contribution >= 0.6 is 0 Å². The van der Waals surface area contributed by atoms with E-state index in [0.29, 0.717) is 16.8 Å². The second kappa shape index (κ2) is 21.2. The van der Waals surface area contributed by atoms with Crippen LogP contribution in [0.15, 0.2) is 78.9 Å². The molecule has 318 valence electrons. The standard InChI is InChI=1S/C44H60N6O8Si/c1-10-26-50(42(55)56)28-32-27-33(24-23-31(32)29-57-59(44(7,8)9,34-18-13-11-14-19-34)35-20-15-12-16-21-35)47-38(51)36(22-17-25-46-40(45)53)48-39(52)37(30(2)3)49-41(54)58-43(4,5)6/h1,11-16,18-21,23-24,27,30,36-37H,17,22,25-26,28-29H2,2-9H3,(H,47,51)(H,48,52)(H,49,54)(H,55,56)(H3,45,46,53)/t36-,37-/m0/s1. The molecule has 0 aliphatic rings. The molecular formula is C44H60N6O8Si. The lowest BCUT2D eigenvalue weighted by atomic mass is 10.0. The summed E-state index contributed by atoms with van der Waals surface area (Å²) in [5, 5.41) is 22.6. The monoisotopic (exact) mass is 828 g/mol. The highest BCUT2D eigenvalue weighted by Crippen LogP contribution is 2.37. The summed E-state index contributed by atoms with van der Waals surface area (Å²) in [7, 11) is -3.01. The number of rotatable bonds is 18. The molecule has 0 aromatic heterocycles. The summed E-state index contributed by atoms with van der Waals surface area (Å²) in [6, 6.07) is 22.5. The molecule has 0 spiro atoms. The van der Waals surface area contributed by atoms with Gasteiger partial charge in [0.2, 0.25) is 11.8 Å². The van der Waals surface area contributed by atoms with E-state index in [1.807, 2.05) is 36.4 Å². The number of hydrogen-bond acceptors (Lipinski definition) is 7. The maximum Gasteiger partial charge on any atom is 0.408 e. The van der Waals surface area contributed by atoms with E-state index in [1.54, 1.807) is 52.8 Å². The smallest absolute Gasteiger partial charge is 0.408 e. The fourth-order valence-corrected chi connectivity index (χ4v) is 11.2. The Balaban J connectivity index is 2.02. The van der Waals surface area contributed by atoms with Gasteiger partial charge in [-0.1, -0.05) is 107 Å². The summed E-state index contributed by atoms with van der Waals surface area (Å²) in [4.78, 5) is 65.0. The predicted molar refractivity (Wildman–Crippen MR) is 231 cm³/mol. The molecule has 0 aliphatic carbocycles. The number of carbonyl (C=O) groups excluding carboxylic acids is 4. The van der Waals surface area contributed by atoms with Crippen molar-refractivity contribution in [3.63, 3.8) is 0 Å². The van der Waals surface area contributed by atoms with Gasteiger partial charge in [-0.2, -0.15) is 0 Å². The molecule has 15 heteroatoms. The molecule has 0 saturated carbocycles. The van der Waals surface area contributed by atoms with Gasteiger partial charge < -0.3 is 41.3 Å². The number of alkyl carbamates (subject to hydrolysis) is 1. The molecule has 0 radical (unpaired) electrons. The zero-order valence-electron chi connectivity index (χ0n) is 35.4. The summed E-state index contributed by atoms with van der Waals surface area (Å²) < 4.78 is 12.5. The second-order valence-corrected chi connectivity index (χ2v) is 20.9. The molecule has 3 aromatic carbocycles. The second-order valence-electron chi connectivity index (χ2n) is 16.6. The van der Waals surface area contributed by atoms with Gasteiger partial charge in [0.15, 0.2) is 0 Å². The van der Waals surface area contributed by atoms with Crippen LogP contribution in [0.25, 0.3) is 0 Å². The van der Waals surface area contributed by atoms with E-state index in [-0.39, 0.29) is 50.0 Å². The predicted octanol–water partition coefficient (Wildman–Crippen LogP) is 5.30. The van der Waals surface area contributed by atoms with Crippen molar-refractivity contribution in [3.05, 3.63) is 90.0 Å². The number of benzene rings is 3. The number of carboxylic acid groups (broad SMARTS) is 1. The summed E-state index contributed by atoms with van der Waals surface area (Å²) in [6.07, 6.45) is 3.92. The Morgan fingerprint density at radius 1 is 0.864 bits per heavy atom. The Labute approximate surface area is 349 Å². The Bertz CT molecular complexity index is 1900. The minimum absolute atomic E-state index is 0.0985. The van der Waals surface area contributed by atoms with Crippen molar-refractivity contribution in [2.45, 2.75) is 104 Å². The molecule has 0 heterocycles. The van der Waals surface area contributed by atoms with Crippen LogP contribution in [0.4, 0.5) is 20.1 Å². The van der Waals surface area contributed by atoms with Crippen molar-refractivity contribution in [2.24, 2.45) is 11.7 Å². The first kappa shape index (κ1) is 47.5. The van der Waals surface area contributed by atoms with Crippen molar-refractivity contribution in [1.29, 1.82) is 0 Å². The van der Waals surface area contributed by atoms with Crippen molar-refractivity contribution in [1.82, 2.24) is 20.9 Å². The quantitative estimate of drug-likeness (QED) is 0.0564. The molecule has 0 unspecified atom stereocenters. The van der Waals surface area contributed by atoms with Gasteiger partial charge in [-0.25, -0.2) is 14.4 Å². The van der Waals surface area contributed by atoms with Gasteiger partial charge in [0.25, 0.3) is 8.32 Å².